The van der Waals surface area contributed by atoms with Gasteiger partial charge in [0.05, 0.1) is 6.54 Å². The van der Waals surface area contributed by atoms with Crippen molar-refractivity contribution in [3.63, 3.8) is 0 Å². The summed E-state index contributed by atoms with van der Waals surface area (Å²) in [5, 5.41) is 12.2. The molecule has 0 aliphatic heterocycles. The van der Waals surface area contributed by atoms with Crippen molar-refractivity contribution in [3.05, 3.63) is 48.2 Å². The Morgan fingerprint density at radius 3 is 2.52 bits per heavy atom. The van der Waals surface area contributed by atoms with Gasteiger partial charge < -0.3 is 9.52 Å². The van der Waals surface area contributed by atoms with E-state index in [1.807, 2.05) is 56.3 Å². The van der Waals surface area contributed by atoms with Crippen LogP contribution in [0, 0.1) is 5.92 Å². The van der Waals surface area contributed by atoms with Crippen molar-refractivity contribution in [1.29, 1.82) is 0 Å². The fraction of sp³-hybridized carbons (Fsp3) is 0.353. The maximum Gasteiger partial charge on any atom is 0.320 e. The van der Waals surface area contributed by atoms with Gasteiger partial charge in [0.2, 0.25) is 0 Å². The first-order chi connectivity index (χ1) is 10.1. The van der Waals surface area contributed by atoms with E-state index in [0.717, 1.165) is 17.1 Å². The van der Waals surface area contributed by atoms with Crippen LogP contribution in [0.3, 0.4) is 0 Å². The highest BCUT2D eigenvalue weighted by Crippen LogP contribution is 2.21. The molecule has 112 valence electrons. The number of rotatable bonds is 7. The van der Waals surface area contributed by atoms with Crippen molar-refractivity contribution in [2.24, 2.45) is 5.92 Å². The predicted octanol–water partition coefficient (Wildman–Crippen LogP) is 3.54. The highest BCUT2D eigenvalue weighted by Gasteiger charge is 2.18. The Bertz CT molecular complexity index is 575. The SMILES string of the molecule is CC(C)C[C@H](NCc1ccc(-c2ccccc2)o1)C(=O)O. The maximum absolute atomic E-state index is 11.2. The Morgan fingerprint density at radius 2 is 1.90 bits per heavy atom. The quantitative estimate of drug-likeness (QED) is 0.817. The van der Waals surface area contributed by atoms with Crippen LogP contribution in [0.1, 0.15) is 26.0 Å². The van der Waals surface area contributed by atoms with Crippen LogP contribution in [-0.2, 0) is 11.3 Å². The summed E-state index contributed by atoms with van der Waals surface area (Å²) in [6.07, 6.45) is 0.599. The first-order valence-corrected chi connectivity index (χ1v) is 7.16. The second-order valence-corrected chi connectivity index (χ2v) is 5.53. The number of hydrogen-bond donors (Lipinski definition) is 2. The van der Waals surface area contributed by atoms with Gasteiger partial charge in [0.25, 0.3) is 0 Å². The molecule has 0 unspecified atom stereocenters. The van der Waals surface area contributed by atoms with E-state index in [9.17, 15) is 9.90 Å². The first kappa shape index (κ1) is 15.3. The molecule has 0 fully saturated rings. The van der Waals surface area contributed by atoms with Crippen molar-refractivity contribution in [3.8, 4) is 11.3 Å². The molecule has 2 aromatic rings. The molecule has 0 bridgehead atoms. The summed E-state index contributed by atoms with van der Waals surface area (Å²) in [7, 11) is 0. The van der Waals surface area contributed by atoms with Crippen LogP contribution < -0.4 is 5.32 Å². The van der Waals surface area contributed by atoms with Gasteiger partial charge in [0, 0.05) is 5.56 Å². The predicted molar refractivity (Wildman–Crippen MR) is 81.9 cm³/mol. The molecular formula is C17H21NO3. The van der Waals surface area contributed by atoms with Crippen molar-refractivity contribution < 1.29 is 14.3 Å². The molecule has 1 aromatic heterocycles. The molecule has 2 rings (SSSR count). The van der Waals surface area contributed by atoms with E-state index in [1.54, 1.807) is 0 Å². The lowest BCUT2D eigenvalue weighted by atomic mass is 10.0. The molecule has 1 heterocycles. The molecule has 4 nitrogen and oxygen atoms in total. The Kier molecular flexibility index (Phi) is 5.17. The minimum atomic E-state index is -0.821. The maximum atomic E-state index is 11.2. The lowest BCUT2D eigenvalue weighted by molar-refractivity contribution is -0.140. The summed E-state index contributed by atoms with van der Waals surface area (Å²) >= 11 is 0. The van der Waals surface area contributed by atoms with Gasteiger partial charge >= 0.3 is 5.97 Å². The summed E-state index contributed by atoms with van der Waals surface area (Å²) in [6.45, 7) is 4.44. The van der Waals surface area contributed by atoms with Gasteiger partial charge in [0.15, 0.2) is 0 Å². The van der Waals surface area contributed by atoms with Crippen molar-refractivity contribution in [1.82, 2.24) is 5.32 Å². The van der Waals surface area contributed by atoms with Crippen LogP contribution in [0.4, 0.5) is 0 Å². The zero-order chi connectivity index (χ0) is 15.2. The van der Waals surface area contributed by atoms with E-state index in [-0.39, 0.29) is 0 Å². The van der Waals surface area contributed by atoms with E-state index >= 15 is 0 Å². The zero-order valence-corrected chi connectivity index (χ0v) is 12.4. The third-order valence-electron chi connectivity index (χ3n) is 3.25. The van der Waals surface area contributed by atoms with Gasteiger partial charge in [0.1, 0.15) is 17.6 Å². The van der Waals surface area contributed by atoms with Crippen LogP contribution in [0.5, 0.6) is 0 Å². The van der Waals surface area contributed by atoms with Gasteiger partial charge in [-0.1, -0.05) is 44.2 Å². The number of benzene rings is 1. The van der Waals surface area contributed by atoms with Gasteiger partial charge in [-0.3, -0.25) is 10.1 Å². The van der Waals surface area contributed by atoms with Crippen LogP contribution in [0.2, 0.25) is 0 Å². The zero-order valence-electron chi connectivity index (χ0n) is 12.4. The molecule has 0 saturated heterocycles. The summed E-state index contributed by atoms with van der Waals surface area (Å²) in [6, 6.07) is 13.1. The third-order valence-corrected chi connectivity index (χ3v) is 3.25. The van der Waals surface area contributed by atoms with Crippen molar-refractivity contribution >= 4 is 5.97 Å². The van der Waals surface area contributed by atoms with E-state index in [1.165, 1.54) is 0 Å². The molecule has 0 radical (unpaired) electrons. The Morgan fingerprint density at radius 1 is 1.19 bits per heavy atom. The fourth-order valence-corrected chi connectivity index (χ4v) is 2.20. The molecule has 0 saturated carbocycles. The normalized spacial score (nSPS) is 12.5. The molecule has 0 aliphatic rings. The monoisotopic (exact) mass is 287 g/mol. The van der Waals surface area contributed by atoms with E-state index in [2.05, 4.69) is 5.32 Å². The van der Waals surface area contributed by atoms with Crippen LogP contribution in [-0.4, -0.2) is 17.1 Å². The standard InChI is InChI=1S/C17H21NO3/c1-12(2)10-15(17(19)20)18-11-14-8-9-16(21-14)13-6-4-3-5-7-13/h3-9,12,15,18H,10-11H2,1-2H3,(H,19,20)/t15-/m0/s1. The third kappa shape index (κ3) is 4.46. The smallest absolute Gasteiger partial charge is 0.320 e. The minimum absolute atomic E-state index is 0.329. The van der Waals surface area contributed by atoms with Crippen LogP contribution >= 0.6 is 0 Å². The Hall–Kier alpha value is -2.07. The summed E-state index contributed by atoms with van der Waals surface area (Å²) in [4.78, 5) is 11.2. The molecule has 21 heavy (non-hydrogen) atoms. The summed E-state index contributed by atoms with van der Waals surface area (Å²) < 4.78 is 5.75. The average molecular weight is 287 g/mol. The highest BCUT2D eigenvalue weighted by atomic mass is 16.4. The van der Waals surface area contributed by atoms with E-state index in [4.69, 9.17) is 4.42 Å². The Labute approximate surface area is 124 Å². The van der Waals surface area contributed by atoms with Crippen molar-refractivity contribution in [2.45, 2.75) is 32.9 Å². The number of aliphatic carboxylic acids is 1. The number of hydrogen-bond acceptors (Lipinski definition) is 3. The molecule has 4 heteroatoms. The molecular weight excluding hydrogens is 266 g/mol. The van der Waals surface area contributed by atoms with Crippen molar-refractivity contribution in [2.75, 3.05) is 0 Å². The average Bonchev–Trinajstić information content (AvgIpc) is 2.92. The number of carbonyl (C=O) groups is 1. The molecule has 0 amide bonds. The van der Waals surface area contributed by atoms with Crippen LogP contribution in [0.25, 0.3) is 11.3 Å². The topological polar surface area (TPSA) is 62.5 Å². The fourth-order valence-electron chi connectivity index (χ4n) is 2.20. The van der Waals surface area contributed by atoms with E-state index in [0.29, 0.717) is 18.9 Å². The van der Waals surface area contributed by atoms with Gasteiger partial charge in [-0.2, -0.15) is 0 Å². The highest BCUT2D eigenvalue weighted by molar-refractivity contribution is 5.73. The number of carboxylic acid groups (broad SMARTS) is 1. The Balaban J connectivity index is 1.98. The second-order valence-electron chi connectivity index (χ2n) is 5.53. The van der Waals surface area contributed by atoms with E-state index < -0.39 is 12.0 Å². The second kappa shape index (κ2) is 7.09. The molecule has 1 atom stereocenters. The number of furan rings is 1. The summed E-state index contributed by atoms with van der Waals surface area (Å²) in [5.74, 6) is 1.04. The lowest BCUT2D eigenvalue weighted by Gasteiger charge is -2.15. The van der Waals surface area contributed by atoms with Gasteiger partial charge in [-0.25, -0.2) is 0 Å². The summed E-state index contributed by atoms with van der Waals surface area (Å²) in [5.41, 5.74) is 1.01. The lowest BCUT2D eigenvalue weighted by Crippen LogP contribution is -2.37. The van der Waals surface area contributed by atoms with Crippen LogP contribution in [0.15, 0.2) is 46.9 Å². The molecule has 1 aromatic carbocycles. The minimum Gasteiger partial charge on any atom is -0.480 e. The number of carboxylic acids is 1. The molecule has 2 N–H and O–H groups in total. The first-order valence-electron chi connectivity index (χ1n) is 7.16. The number of nitrogens with one attached hydrogen (secondary N) is 1. The van der Waals surface area contributed by atoms with Gasteiger partial charge in [-0.05, 0) is 24.5 Å². The van der Waals surface area contributed by atoms with Gasteiger partial charge in [-0.15, -0.1) is 0 Å². The molecule has 0 aliphatic carbocycles. The molecule has 0 spiro atoms. The largest absolute Gasteiger partial charge is 0.480 e.